The Morgan fingerprint density at radius 2 is 0.842 bits per heavy atom. The van der Waals surface area contributed by atoms with Crippen molar-refractivity contribution in [2.45, 2.75) is 117 Å². The van der Waals surface area contributed by atoms with Gasteiger partial charge in [-0.2, -0.15) is 0 Å². The lowest BCUT2D eigenvalue weighted by Crippen LogP contribution is -2.27. The fourth-order valence-electron chi connectivity index (χ4n) is 3.12. The first-order valence-corrected chi connectivity index (χ1v) is 14.8. The van der Waals surface area contributed by atoms with Gasteiger partial charge in [-0.25, -0.2) is 32.5 Å². The molecule has 0 saturated carbocycles. The van der Waals surface area contributed by atoms with Crippen LogP contribution in [-0.2, 0) is 46.7 Å². The molecule has 11 heteroatoms. The quantitative estimate of drug-likeness (QED) is 0.0303. The van der Waals surface area contributed by atoms with E-state index in [1.807, 2.05) is 20.8 Å². The molecule has 0 amide bonds. The summed E-state index contributed by atoms with van der Waals surface area (Å²) < 4.78 is 46.7. The van der Waals surface area contributed by atoms with E-state index in [2.05, 4.69) is 19.7 Å². The van der Waals surface area contributed by atoms with Gasteiger partial charge in [0.1, 0.15) is 0 Å². The highest BCUT2D eigenvalue weighted by Crippen LogP contribution is 2.54. The molecule has 0 heterocycles. The number of carbonyl (C=O) groups excluding carboxylic acids is 3. The Balaban J connectivity index is 6.17. The normalized spacial score (nSPS) is 14.8. The molecule has 0 aromatic rings. The Kier molecular flexibility index (Phi) is 20.4. The van der Waals surface area contributed by atoms with Crippen LogP contribution in [0.4, 0.5) is 0 Å². The largest absolute Gasteiger partial charge is 0.484 e. The Morgan fingerprint density at radius 1 is 0.579 bits per heavy atom. The summed E-state index contributed by atoms with van der Waals surface area (Å²) in [4.78, 5) is 35.9. The molecule has 0 spiro atoms. The van der Waals surface area contributed by atoms with Crippen LogP contribution < -0.4 is 0 Å². The average molecular weight is 561 g/mol. The van der Waals surface area contributed by atoms with E-state index >= 15 is 0 Å². The van der Waals surface area contributed by atoms with Gasteiger partial charge in [-0.1, -0.05) is 79.0 Å². The lowest BCUT2D eigenvalue weighted by Gasteiger charge is -2.29. The molecule has 0 aliphatic heterocycles. The van der Waals surface area contributed by atoms with Crippen LogP contribution in [0.5, 0.6) is 0 Å². The minimum Gasteiger partial charge on any atom is -0.432 e. The predicted molar refractivity (Wildman–Crippen MR) is 144 cm³/mol. The molecule has 0 aromatic carbocycles. The van der Waals surface area contributed by atoms with Crippen LogP contribution in [0.15, 0.2) is 38.0 Å². The first kappa shape index (κ1) is 35.7. The number of hydrogen-bond acceptors (Lipinski definition) is 10. The molecule has 0 rings (SSSR count). The summed E-state index contributed by atoms with van der Waals surface area (Å²) in [5, 5.41) is 0. The standard InChI is InChI=1S/C27H45O10P/c1-7-13-16-19-25(32-22(28)10-4)35-38(31,36-26(20-17-14-8-2)33-23(29)11-5)37-27(21-18-15-9-3)34-24(30)12-6/h10-12,25-27H,4-9,13-21H2,1-3H3. The summed E-state index contributed by atoms with van der Waals surface area (Å²) in [6, 6.07) is 0. The van der Waals surface area contributed by atoms with Crippen LogP contribution in [0.3, 0.4) is 0 Å². The Bertz CT molecular complexity index is 682. The lowest BCUT2D eigenvalue weighted by molar-refractivity contribution is -0.180. The fraction of sp³-hybridized carbons (Fsp3) is 0.667. The summed E-state index contributed by atoms with van der Waals surface area (Å²) in [5.74, 6) is -2.39. The van der Waals surface area contributed by atoms with Gasteiger partial charge >= 0.3 is 25.7 Å². The molecule has 0 aliphatic carbocycles. The Hall–Kier alpha value is -2.26. The van der Waals surface area contributed by atoms with Gasteiger partial charge in [-0.05, 0) is 19.3 Å². The Morgan fingerprint density at radius 3 is 1.05 bits per heavy atom. The molecule has 3 unspecified atom stereocenters. The summed E-state index contributed by atoms with van der Waals surface area (Å²) in [5.41, 5.74) is 0. The maximum atomic E-state index is 14.0. The first-order chi connectivity index (χ1) is 18.2. The molecule has 218 valence electrons. The molecule has 3 atom stereocenters. The molecule has 0 saturated heterocycles. The zero-order chi connectivity index (χ0) is 28.8. The van der Waals surface area contributed by atoms with Gasteiger partial charge < -0.3 is 14.2 Å². The van der Waals surface area contributed by atoms with Crippen molar-refractivity contribution in [3.8, 4) is 0 Å². The zero-order valence-corrected chi connectivity index (χ0v) is 24.0. The number of phosphoric acid groups is 1. The molecule has 0 aliphatic rings. The number of esters is 3. The third-order valence-corrected chi connectivity index (χ3v) is 6.59. The number of phosphoric ester groups is 1. The van der Waals surface area contributed by atoms with Crippen LogP contribution in [0, 0.1) is 0 Å². The average Bonchev–Trinajstić information content (AvgIpc) is 2.88. The van der Waals surface area contributed by atoms with Crippen LogP contribution in [-0.4, -0.2) is 36.8 Å². The van der Waals surface area contributed by atoms with Gasteiger partial charge in [0.2, 0.25) is 18.9 Å². The van der Waals surface area contributed by atoms with Crippen molar-refractivity contribution in [3.05, 3.63) is 38.0 Å². The van der Waals surface area contributed by atoms with Gasteiger partial charge in [-0.3, -0.25) is 0 Å². The van der Waals surface area contributed by atoms with Gasteiger partial charge in [0, 0.05) is 37.5 Å². The topological polar surface area (TPSA) is 124 Å². The van der Waals surface area contributed by atoms with Crippen molar-refractivity contribution >= 4 is 25.7 Å². The van der Waals surface area contributed by atoms with E-state index in [0.29, 0.717) is 19.3 Å². The minimum atomic E-state index is -4.67. The molecule has 10 nitrogen and oxygen atoms in total. The SMILES string of the molecule is C=CC(=O)OC(CCCCC)OP(=O)(OC(CCCCC)OC(=O)C=C)OC(CCCCC)OC(=O)C=C. The van der Waals surface area contributed by atoms with E-state index in [9.17, 15) is 18.9 Å². The number of rotatable bonds is 24. The van der Waals surface area contributed by atoms with E-state index in [-0.39, 0.29) is 19.3 Å². The van der Waals surface area contributed by atoms with Crippen molar-refractivity contribution in [2.24, 2.45) is 0 Å². The minimum absolute atomic E-state index is 0.185. The van der Waals surface area contributed by atoms with E-state index in [0.717, 1.165) is 56.8 Å². The first-order valence-electron chi connectivity index (χ1n) is 13.3. The van der Waals surface area contributed by atoms with Gasteiger partial charge in [0.05, 0.1) is 0 Å². The molecule has 0 bridgehead atoms. The number of unbranched alkanes of at least 4 members (excludes halogenated alkanes) is 6. The van der Waals surface area contributed by atoms with Crippen LogP contribution in [0.25, 0.3) is 0 Å². The molecule has 0 radical (unpaired) electrons. The van der Waals surface area contributed by atoms with E-state index in [1.165, 1.54) is 0 Å². The van der Waals surface area contributed by atoms with Crippen molar-refractivity contribution in [1.29, 1.82) is 0 Å². The summed E-state index contributed by atoms with van der Waals surface area (Å²) >= 11 is 0. The molecule has 38 heavy (non-hydrogen) atoms. The maximum absolute atomic E-state index is 14.0. The van der Waals surface area contributed by atoms with Gasteiger partial charge in [0.25, 0.3) is 0 Å². The molecule has 0 fully saturated rings. The maximum Gasteiger partial charge on any atom is 0.484 e. The van der Waals surface area contributed by atoms with Crippen molar-refractivity contribution in [2.75, 3.05) is 0 Å². The van der Waals surface area contributed by atoms with Crippen molar-refractivity contribution < 1.29 is 46.7 Å². The summed E-state index contributed by atoms with van der Waals surface area (Å²) in [7, 11) is -4.67. The van der Waals surface area contributed by atoms with E-state index in [1.54, 1.807) is 0 Å². The second-order valence-electron chi connectivity index (χ2n) is 8.46. The second kappa shape index (κ2) is 21.6. The highest BCUT2D eigenvalue weighted by molar-refractivity contribution is 7.48. The third kappa shape index (κ3) is 17.3. The smallest absolute Gasteiger partial charge is 0.432 e. The van der Waals surface area contributed by atoms with Crippen molar-refractivity contribution in [1.82, 2.24) is 0 Å². The molecular formula is C27H45O10P. The van der Waals surface area contributed by atoms with Crippen LogP contribution in [0.1, 0.15) is 97.8 Å². The highest BCUT2D eigenvalue weighted by atomic mass is 31.2. The van der Waals surface area contributed by atoms with Crippen molar-refractivity contribution in [3.63, 3.8) is 0 Å². The molecular weight excluding hydrogens is 515 g/mol. The lowest BCUT2D eigenvalue weighted by atomic mass is 10.2. The van der Waals surface area contributed by atoms with Crippen LogP contribution in [0.2, 0.25) is 0 Å². The number of ether oxygens (including phenoxy) is 3. The van der Waals surface area contributed by atoms with E-state index in [4.69, 9.17) is 27.8 Å². The highest BCUT2D eigenvalue weighted by Gasteiger charge is 2.40. The van der Waals surface area contributed by atoms with Gasteiger partial charge in [0.15, 0.2) is 0 Å². The predicted octanol–water partition coefficient (Wildman–Crippen LogP) is 7.05. The molecule has 0 N–H and O–H groups in total. The number of carbonyl (C=O) groups is 3. The van der Waals surface area contributed by atoms with E-state index < -0.39 is 44.6 Å². The Labute approximate surface area is 227 Å². The molecule has 0 aromatic heterocycles. The third-order valence-electron chi connectivity index (χ3n) is 5.11. The van der Waals surface area contributed by atoms with Crippen LogP contribution >= 0.6 is 7.82 Å². The summed E-state index contributed by atoms with van der Waals surface area (Å²) in [6.45, 7) is 16.1. The van der Waals surface area contributed by atoms with Gasteiger partial charge in [-0.15, -0.1) is 0 Å². The fourth-order valence-corrected chi connectivity index (χ4v) is 4.58. The summed E-state index contributed by atoms with van der Waals surface area (Å²) in [6.07, 6.45) is 6.19. The second-order valence-corrected chi connectivity index (χ2v) is 9.99. The monoisotopic (exact) mass is 560 g/mol. The zero-order valence-electron chi connectivity index (χ0n) is 23.1. The number of hydrogen-bond donors (Lipinski definition) is 0.